The van der Waals surface area contributed by atoms with Crippen molar-refractivity contribution in [2.45, 2.75) is 13.3 Å². The minimum atomic E-state index is 0.0795. The maximum atomic E-state index is 11.7. The predicted molar refractivity (Wildman–Crippen MR) is 72.6 cm³/mol. The molecule has 1 amide bonds. The van der Waals surface area contributed by atoms with Crippen LogP contribution < -0.4 is 10.6 Å². The summed E-state index contributed by atoms with van der Waals surface area (Å²) < 4.78 is 5.32. The Morgan fingerprint density at radius 2 is 2.28 bits per heavy atom. The second-order valence-electron chi connectivity index (χ2n) is 4.74. The van der Waals surface area contributed by atoms with E-state index in [-0.39, 0.29) is 5.91 Å². The van der Waals surface area contributed by atoms with E-state index in [4.69, 9.17) is 4.74 Å². The predicted octanol–water partition coefficient (Wildman–Crippen LogP) is -0.00940. The first-order chi connectivity index (χ1) is 8.68. The second kappa shape index (κ2) is 9.08. The van der Waals surface area contributed by atoms with Gasteiger partial charge in [0.15, 0.2) is 0 Å². The van der Waals surface area contributed by atoms with E-state index in [0.717, 1.165) is 38.2 Å². The molecule has 0 unspecified atom stereocenters. The van der Waals surface area contributed by atoms with E-state index in [1.54, 1.807) is 0 Å². The molecule has 0 atom stereocenters. The van der Waals surface area contributed by atoms with Gasteiger partial charge in [-0.1, -0.05) is 12.2 Å². The van der Waals surface area contributed by atoms with Gasteiger partial charge < -0.3 is 15.4 Å². The van der Waals surface area contributed by atoms with Gasteiger partial charge in [-0.05, 0) is 26.4 Å². The fourth-order valence-electron chi connectivity index (χ4n) is 1.83. The van der Waals surface area contributed by atoms with Gasteiger partial charge in [-0.2, -0.15) is 0 Å². The van der Waals surface area contributed by atoms with Crippen LogP contribution in [0.4, 0.5) is 0 Å². The molecule has 5 heteroatoms. The Bertz CT molecular complexity index is 261. The fraction of sp³-hybridized carbons (Fsp3) is 0.769. The second-order valence-corrected chi connectivity index (χ2v) is 4.74. The first-order valence-electron chi connectivity index (χ1n) is 6.60. The van der Waals surface area contributed by atoms with E-state index in [9.17, 15) is 4.79 Å². The van der Waals surface area contributed by atoms with Gasteiger partial charge >= 0.3 is 0 Å². The van der Waals surface area contributed by atoms with Crippen molar-refractivity contribution in [2.75, 3.05) is 52.5 Å². The highest BCUT2D eigenvalue weighted by Crippen LogP contribution is 1.94. The van der Waals surface area contributed by atoms with E-state index < -0.39 is 0 Å². The number of carbonyl (C=O) groups excluding carboxylic acids is 1. The molecule has 0 aromatic carbocycles. The van der Waals surface area contributed by atoms with Crippen molar-refractivity contribution >= 4 is 5.91 Å². The van der Waals surface area contributed by atoms with Crippen molar-refractivity contribution < 1.29 is 9.53 Å². The van der Waals surface area contributed by atoms with Crippen LogP contribution in [0.3, 0.4) is 0 Å². The molecule has 5 nitrogen and oxygen atoms in total. The molecule has 0 saturated carbocycles. The van der Waals surface area contributed by atoms with Crippen LogP contribution in [-0.4, -0.2) is 63.3 Å². The van der Waals surface area contributed by atoms with Crippen molar-refractivity contribution in [3.05, 3.63) is 12.2 Å². The van der Waals surface area contributed by atoms with Crippen LogP contribution in [-0.2, 0) is 9.53 Å². The molecule has 0 spiro atoms. The zero-order chi connectivity index (χ0) is 13.2. The molecule has 0 aromatic rings. The number of hydrogen-bond donors (Lipinski definition) is 2. The Labute approximate surface area is 110 Å². The Kier molecular flexibility index (Phi) is 7.64. The van der Waals surface area contributed by atoms with E-state index >= 15 is 0 Å². The number of nitrogens with zero attached hydrogens (tertiary/aromatic N) is 1. The molecule has 1 aliphatic rings. The fourth-order valence-corrected chi connectivity index (χ4v) is 1.83. The summed E-state index contributed by atoms with van der Waals surface area (Å²) in [5.74, 6) is 0.0795. The Hall–Kier alpha value is -0.910. The van der Waals surface area contributed by atoms with Crippen LogP contribution in [0.1, 0.15) is 13.3 Å². The molecule has 18 heavy (non-hydrogen) atoms. The molecular formula is C13H25N3O2. The lowest BCUT2D eigenvalue weighted by Gasteiger charge is -2.18. The van der Waals surface area contributed by atoms with E-state index in [1.165, 1.54) is 0 Å². The van der Waals surface area contributed by atoms with Crippen LogP contribution in [0.25, 0.3) is 0 Å². The van der Waals surface area contributed by atoms with Crippen molar-refractivity contribution in [3.8, 4) is 0 Å². The van der Waals surface area contributed by atoms with Crippen LogP contribution in [0.5, 0.6) is 0 Å². The van der Waals surface area contributed by atoms with Gasteiger partial charge in [0.1, 0.15) is 0 Å². The molecule has 1 rings (SSSR count). The van der Waals surface area contributed by atoms with Crippen molar-refractivity contribution in [1.82, 2.24) is 15.5 Å². The summed E-state index contributed by atoms with van der Waals surface area (Å²) in [7, 11) is 0. The Balaban J connectivity index is 2.03. The molecule has 1 fully saturated rings. The number of rotatable bonds is 7. The molecule has 104 valence electrons. The SMILES string of the molecule is C=C(C)COCCNC(=O)CN1CCCNCC1. The normalized spacial score (nSPS) is 17.2. The van der Waals surface area contributed by atoms with E-state index in [0.29, 0.717) is 26.3 Å². The summed E-state index contributed by atoms with van der Waals surface area (Å²) in [6.07, 6.45) is 1.11. The average Bonchev–Trinajstić information content (AvgIpc) is 2.56. The van der Waals surface area contributed by atoms with E-state index in [2.05, 4.69) is 22.1 Å². The summed E-state index contributed by atoms with van der Waals surface area (Å²) in [5.41, 5.74) is 0.999. The summed E-state index contributed by atoms with van der Waals surface area (Å²) in [6, 6.07) is 0. The third-order valence-corrected chi connectivity index (χ3v) is 2.72. The first kappa shape index (κ1) is 15.1. The Morgan fingerprint density at radius 1 is 1.44 bits per heavy atom. The van der Waals surface area contributed by atoms with Crippen molar-refractivity contribution in [2.24, 2.45) is 0 Å². The zero-order valence-electron chi connectivity index (χ0n) is 11.3. The minimum Gasteiger partial charge on any atom is -0.375 e. The number of nitrogens with one attached hydrogen (secondary N) is 2. The highest BCUT2D eigenvalue weighted by molar-refractivity contribution is 5.77. The standard InChI is InChI=1S/C13H25N3O2/c1-12(2)11-18-9-6-15-13(17)10-16-7-3-4-14-5-8-16/h14H,1,3-11H2,2H3,(H,15,17). The summed E-state index contributed by atoms with van der Waals surface area (Å²) in [6.45, 7) is 11.8. The molecule has 0 aromatic heterocycles. The number of amides is 1. The van der Waals surface area contributed by atoms with Crippen molar-refractivity contribution in [1.29, 1.82) is 0 Å². The van der Waals surface area contributed by atoms with Crippen LogP contribution >= 0.6 is 0 Å². The molecule has 0 aliphatic carbocycles. The quantitative estimate of drug-likeness (QED) is 0.496. The van der Waals surface area contributed by atoms with Gasteiger partial charge in [-0.3, -0.25) is 9.69 Å². The summed E-state index contributed by atoms with van der Waals surface area (Å²) in [5, 5.41) is 6.19. The number of hydrogen-bond acceptors (Lipinski definition) is 4. The third kappa shape index (κ3) is 7.42. The highest BCUT2D eigenvalue weighted by atomic mass is 16.5. The van der Waals surface area contributed by atoms with Crippen LogP contribution in [0.2, 0.25) is 0 Å². The van der Waals surface area contributed by atoms with E-state index in [1.807, 2.05) is 6.92 Å². The van der Waals surface area contributed by atoms with Gasteiger partial charge in [0, 0.05) is 19.6 Å². The molecule has 1 aliphatic heterocycles. The van der Waals surface area contributed by atoms with Crippen LogP contribution in [0.15, 0.2) is 12.2 Å². The average molecular weight is 255 g/mol. The lowest BCUT2D eigenvalue weighted by Crippen LogP contribution is -2.39. The molecule has 0 bridgehead atoms. The topological polar surface area (TPSA) is 53.6 Å². The third-order valence-electron chi connectivity index (χ3n) is 2.72. The molecule has 1 heterocycles. The molecule has 0 radical (unpaired) electrons. The Morgan fingerprint density at radius 3 is 3.06 bits per heavy atom. The van der Waals surface area contributed by atoms with Crippen LogP contribution in [0, 0.1) is 0 Å². The van der Waals surface area contributed by atoms with Gasteiger partial charge in [-0.25, -0.2) is 0 Å². The van der Waals surface area contributed by atoms with Crippen molar-refractivity contribution in [3.63, 3.8) is 0 Å². The lowest BCUT2D eigenvalue weighted by atomic mass is 10.4. The van der Waals surface area contributed by atoms with Gasteiger partial charge in [0.05, 0.1) is 19.8 Å². The molecular weight excluding hydrogens is 230 g/mol. The summed E-state index contributed by atoms with van der Waals surface area (Å²) in [4.78, 5) is 13.9. The largest absolute Gasteiger partial charge is 0.375 e. The highest BCUT2D eigenvalue weighted by Gasteiger charge is 2.11. The molecule has 1 saturated heterocycles. The molecule has 2 N–H and O–H groups in total. The maximum Gasteiger partial charge on any atom is 0.234 e. The van der Waals surface area contributed by atoms with Gasteiger partial charge in [0.2, 0.25) is 5.91 Å². The maximum absolute atomic E-state index is 11.7. The lowest BCUT2D eigenvalue weighted by molar-refractivity contribution is -0.122. The first-order valence-corrected chi connectivity index (χ1v) is 6.60. The van der Waals surface area contributed by atoms with Gasteiger partial charge in [-0.15, -0.1) is 0 Å². The monoisotopic (exact) mass is 255 g/mol. The van der Waals surface area contributed by atoms with Gasteiger partial charge in [0.25, 0.3) is 0 Å². The number of carbonyl (C=O) groups is 1. The minimum absolute atomic E-state index is 0.0795. The number of ether oxygens (including phenoxy) is 1. The summed E-state index contributed by atoms with van der Waals surface area (Å²) >= 11 is 0. The smallest absolute Gasteiger partial charge is 0.234 e. The zero-order valence-corrected chi connectivity index (χ0v) is 11.3.